The van der Waals surface area contributed by atoms with E-state index in [2.05, 4.69) is 0 Å². The number of nitro benzene ring substituents is 1. The van der Waals surface area contributed by atoms with Crippen LogP contribution in [0.5, 0.6) is 11.5 Å². The van der Waals surface area contributed by atoms with Crippen molar-refractivity contribution in [2.45, 2.75) is 19.2 Å². The van der Waals surface area contributed by atoms with Gasteiger partial charge >= 0.3 is 12.1 Å². The van der Waals surface area contributed by atoms with Gasteiger partial charge in [-0.05, 0) is 43.3 Å². The zero-order valence-corrected chi connectivity index (χ0v) is 16.3. The molecule has 0 aliphatic heterocycles. The third-order valence-electron chi connectivity index (χ3n) is 3.85. The lowest BCUT2D eigenvalue weighted by Crippen LogP contribution is -2.29. The van der Waals surface area contributed by atoms with Crippen molar-refractivity contribution in [3.05, 3.63) is 58.1 Å². The maximum atomic E-state index is 12.7. The zero-order chi connectivity index (χ0) is 23.2. The summed E-state index contributed by atoms with van der Waals surface area (Å²) in [6.07, 6.45) is -5.87. The van der Waals surface area contributed by atoms with Crippen LogP contribution in [0.1, 0.15) is 12.5 Å². The lowest BCUT2D eigenvalue weighted by atomic mass is 10.1. The van der Waals surface area contributed by atoms with Gasteiger partial charge in [-0.25, -0.2) is 4.79 Å². The number of ether oxygens (including phenoxy) is 3. The van der Waals surface area contributed by atoms with Crippen molar-refractivity contribution in [1.82, 2.24) is 0 Å². The Kier molecular flexibility index (Phi) is 7.40. The van der Waals surface area contributed by atoms with Gasteiger partial charge in [0.15, 0.2) is 12.7 Å². The second-order valence-corrected chi connectivity index (χ2v) is 6.08. The quantitative estimate of drug-likeness (QED) is 0.377. The molecule has 0 saturated carbocycles. The number of esters is 1. The number of methoxy groups -OCH3 is 1. The molecular weight excluding hydrogens is 425 g/mol. The molecule has 12 heteroatoms. The molecule has 0 aromatic heterocycles. The molecule has 2 aromatic rings. The molecule has 0 spiro atoms. The minimum Gasteiger partial charge on any atom is -0.497 e. The number of amides is 1. The second kappa shape index (κ2) is 9.78. The van der Waals surface area contributed by atoms with E-state index in [1.54, 1.807) is 24.3 Å². The number of carbonyl (C=O) groups excluding carboxylic acids is 2. The monoisotopic (exact) mass is 442 g/mol. The fourth-order valence-electron chi connectivity index (χ4n) is 2.31. The molecule has 0 radical (unpaired) electrons. The largest absolute Gasteiger partial charge is 0.497 e. The van der Waals surface area contributed by atoms with E-state index in [9.17, 15) is 32.9 Å². The summed E-state index contributed by atoms with van der Waals surface area (Å²) < 4.78 is 53.3. The minimum atomic E-state index is -4.79. The molecule has 0 aliphatic carbocycles. The van der Waals surface area contributed by atoms with Gasteiger partial charge in [-0.2, -0.15) is 13.2 Å². The highest BCUT2D eigenvalue weighted by molar-refractivity contribution is 5.95. The Morgan fingerprint density at radius 3 is 2.29 bits per heavy atom. The molecule has 1 atom stereocenters. The van der Waals surface area contributed by atoms with Gasteiger partial charge in [0.25, 0.3) is 11.6 Å². The van der Waals surface area contributed by atoms with Crippen LogP contribution in [0.25, 0.3) is 0 Å². The molecule has 0 fully saturated rings. The number of alkyl halides is 3. The van der Waals surface area contributed by atoms with E-state index in [0.717, 1.165) is 6.07 Å². The van der Waals surface area contributed by atoms with Gasteiger partial charge in [-0.15, -0.1) is 0 Å². The fourth-order valence-corrected chi connectivity index (χ4v) is 2.31. The molecule has 31 heavy (non-hydrogen) atoms. The molecule has 1 N–H and O–H groups in total. The molecule has 2 rings (SSSR count). The average molecular weight is 442 g/mol. The summed E-state index contributed by atoms with van der Waals surface area (Å²) in [5, 5.41) is 13.1. The molecular formula is C19H17F3N2O7. The topological polar surface area (TPSA) is 117 Å². The van der Waals surface area contributed by atoms with E-state index in [1.807, 2.05) is 5.32 Å². The number of benzene rings is 2. The third kappa shape index (κ3) is 6.59. The van der Waals surface area contributed by atoms with E-state index >= 15 is 0 Å². The van der Waals surface area contributed by atoms with Gasteiger partial charge < -0.3 is 19.5 Å². The highest BCUT2D eigenvalue weighted by Gasteiger charge is 2.33. The Hall–Kier alpha value is -3.83. The Morgan fingerprint density at radius 1 is 1.13 bits per heavy atom. The summed E-state index contributed by atoms with van der Waals surface area (Å²) in [6, 6.07) is 7.95. The van der Waals surface area contributed by atoms with Crippen LogP contribution in [0.2, 0.25) is 0 Å². The minimum absolute atomic E-state index is 0.298. The van der Waals surface area contributed by atoms with Gasteiger partial charge in [0, 0.05) is 6.07 Å². The number of nitrogens with zero attached hydrogens (tertiary/aromatic N) is 1. The number of hydrogen-bond acceptors (Lipinski definition) is 7. The van der Waals surface area contributed by atoms with Gasteiger partial charge in [-0.1, -0.05) is 0 Å². The van der Waals surface area contributed by atoms with Crippen LogP contribution in [0.15, 0.2) is 42.5 Å². The maximum absolute atomic E-state index is 12.7. The first-order valence-corrected chi connectivity index (χ1v) is 8.64. The van der Waals surface area contributed by atoms with Crippen molar-refractivity contribution in [1.29, 1.82) is 0 Å². The molecule has 0 bridgehead atoms. The van der Waals surface area contributed by atoms with Crippen LogP contribution in [0.3, 0.4) is 0 Å². The van der Waals surface area contributed by atoms with Crippen LogP contribution in [-0.2, 0) is 20.5 Å². The predicted octanol–water partition coefficient (Wildman–Crippen LogP) is 3.57. The molecule has 166 valence electrons. The lowest BCUT2D eigenvalue weighted by Gasteiger charge is -2.14. The smallest absolute Gasteiger partial charge is 0.416 e. The summed E-state index contributed by atoms with van der Waals surface area (Å²) in [5.74, 6) is -0.951. The molecule has 2 aromatic carbocycles. The van der Waals surface area contributed by atoms with Crippen LogP contribution in [0, 0.1) is 10.1 Å². The number of hydrogen-bond donors (Lipinski definition) is 1. The second-order valence-electron chi connectivity index (χ2n) is 6.08. The summed E-state index contributed by atoms with van der Waals surface area (Å²) in [6.45, 7) is 0.554. The SMILES string of the molecule is COc1ccc(OC(C)C(=O)OCC(=O)Nc2ccc(C(F)(F)F)cc2[N+](=O)[O-])cc1. The van der Waals surface area contributed by atoms with Crippen molar-refractivity contribution in [3.63, 3.8) is 0 Å². The highest BCUT2D eigenvalue weighted by Crippen LogP contribution is 2.34. The zero-order valence-electron chi connectivity index (χ0n) is 16.3. The van der Waals surface area contributed by atoms with Crippen molar-refractivity contribution in [2.24, 2.45) is 0 Å². The Bertz CT molecular complexity index is 962. The van der Waals surface area contributed by atoms with Gasteiger partial charge in [-0.3, -0.25) is 14.9 Å². The summed E-state index contributed by atoms with van der Waals surface area (Å²) in [4.78, 5) is 33.9. The molecule has 0 aliphatic rings. The first-order chi connectivity index (χ1) is 14.5. The first-order valence-electron chi connectivity index (χ1n) is 8.64. The van der Waals surface area contributed by atoms with E-state index in [4.69, 9.17) is 14.2 Å². The predicted molar refractivity (Wildman–Crippen MR) is 101 cm³/mol. The molecule has 0 saturated heterocycles. The van der Waals surface area contributed by atoms with Crippen LogP contribution in [0.4, 0.5) is 24.5 Å². The number of nitrogens with one attached hydrogen (secondary N) is 1. The van der Waals surface area contributed by atoms with Gasteiger partial charge in [0.1, 0.15) is 17.2 Å². The van der Waals surface area contributed by atoms with Crippen LogP contribution < -0.4 is 14.8 Å². The Labute approximate surface area is 173 Å². The highest BCUT2D eigenvalue weighted by atomic mass is 19.4. The maximum Gasteiger partial charge on any atom is 0.416 e. The fraction of sp³-hybridized carbons (Fsp3) is 0.263. The van der Waals surface area contributed by atoms with Gasteiger partial charge in [0.2, 0.25) is 0 Å². The summed E-state index contributed by atoms with van der Waals surface area (Å²) in [5.41, 5.74) is -2.67. The summed E-state index contributed by atoms with van der Waals surface area (Å²) in [7, 11) is 1.49. The Morgan fingerprint density at radius 2 is 1.74 bits per heavy atom. The number of nitro groups is 1. The van der Waals surface area contributed by atoms with Crippen molar-refractivity contribution >= 4 is 23.3 Å². The standard InChI is InChI=1S/C19H17F3N2O7/c1-11(31-14-6-4-13(29-2)5-7-14)18(26)30-10-17(25)23-15-8-3-12(19(20,21)22)9-16(15)24(27)28/h3-9,11H,10H2,1-2H3,(H,23,25). The average Bonchev–Trinajstić information content (AvgIpc) is 2.71. The molecule has 1 amide bonds. The van der Waals surface area contributed by atoms with Crippen LogP contribution in [-0.4, -0.2) is 36.6 Å². The Balaban J connectivity index is 1.94. The first kappa shape index (κ1) is 23.4. The van der Waals surface area contributed by atoms with Crippen molar-refractivity contribution < 1.29 is 41.9 Å². The van der Waals surface area contributed by atoms with E-state index in [0.29, 0.717) is 23.6 Å². The number of carbonyl (C=O) groups is 2. The summed E-state index contributed by atoms with van der Waals surface area (Å²) >= 11 is 0. The van der Waals surface area contributed by atoms with Gasteiger partial charge in [0.05, 0.1) is 17.6 Å². The van der Waals surface area contributed by atoms with Crippen molar-refractivity contribution in [2.75, 3.05) is 19.0 Å². The van der Waals surface area contributed by atoms with E-state index < -0.39 is 52.6 Å². The van der Waals surface area contributed by atoms with E-state index in [1.165, 1.54) is 14.0 Å². The molecule has 1 unspecified atom stereocenters. The van der Waals surface area contributed by atoms with Crippen LogP contribution >= 0.6 is 0 Å². The third-order valence-corrected chi connectivity index (χ3v) is 3.85. The normalized spacial score (nSPS) is 11.9. The lowest BCUT2D eigenvalue weighted by molar-refractivity contribution is -0.384. The molecule has 9 nitrogen and oxygen atoms in total. The van der Waals surface area contributed by atoms with E-state index in [-0.39, 0.29) is 0 Å². The number of anilines is 1. The number of rotatable bonds is 8. The van der Waals surface area contributed by atoms with Crippen molar-refractivity contribution in [3.8, 4) is 11.5 Å². The number of halogens is 3. The molecule has 0 heterocycles.